The minimum Gasteiger partial charge on any atom is -0.378 e. The van der Waals surface area contributed by atoms with Crippen molar-refractivity contribution in [1.29, 1.82) is 0 Å². The number of ether oxygens (including phenoxy) is 1. The molecule has 0 aromatic carbocycles. The largest absolute Gasteiger partial charge is 0.378 e. The number of hydrogen-bond acceptors (Lipinski definition) is 4. The van der Waals surface area contributed by atoms with E-state index in [0.29, 0.717) is 13.2 Å². The lowest BCUT2D eigenvalue weighted by Gasteiger charge is -2.36. The maximum absolute atomic E-state index is 12.3. The Hall–Kier alpha value is -0.0700. The van der Waals surface area contributed by atoms with Crippen LogP contribution in [0.5, 0.6) is 0 Å². The molecule has 7 heteroatoms. The van der Waals surface area contributed by atoms with Crippen LogP contribution in [0.25, 0.3) is 0 Å². The van der Waals surface area contributed by atoms with E-state index in [4.69, 9.17) is 4.74 Å². The second kappa shape index (κ2) is 9.79. The van der Waals surface area contributed by atoms with Crippen molar-refractivity contribution in [1.82, 2.24) is 15.1 Å². The quantitative estimate of drug-likeness (QED) is 0.825. The summed E-state index contributed by atoms with van der Waals surface area (Å²) in [5.41, 5.74) is 0. The van der Waals surface area contributed by atoms with Crippen LogP contribution in [0.4, 0.5) is 0 Å². The van der Waals surface area contributed by atoms with Crippen molar-refractivity contribution >= 4 is 30.7 Å². The van der Waals surface area contributed by atoms with E-state index in [2.05, 4.69) is 24.3 Å². The lowest BCUT2D eigenvalue weighted by molar-refractivity contribution is -0.137. The number of nitrogens with one attached hydrogen (secondary N) is 1. The smallest absolute Gasteiger partial charge is 0.242 e. The van der Waals surface area contributed by atoms with Gasteiger partial charge in [-0.15, -0.1) is 24.8 Å². The van der Waals surface area contributed by atoms with E-state index in [1.54, 1.807) is 0 Å². The first-order valence-electron chi connectivity index (χ1n) is 6.91. The van der Waals surface area contributed by atoms with Gasteiger partial charge in [-0.25, -0.2) is 0 Å². The van der Waals surface area contributed by atoms with E-state index in [1.165, 1.54) is 0 Å². The van der Waals surface area contributed by atoms with E-state index in [0.717, 1.165) is 44.9 Å². The Morgan fingerprint density at radius 2 is 1.95 bits per heavy atom. The van der Waals surface area contributed by atoms with Crippen molar-refractivity contribution in [2.75, 3.05) is 53.5 Å². The molecule has 0 bridgehead atoms. The summed E-state index contributed by atoms with van der Waals surface area (Å²) in [4.78, 5) is 16.5. The fourth-order valence-corrected chi connectivity index (χ4v) is 2.80. The van der Waals surface area contributed by atoms with E-state index in [-0.39, 0.29) is 36.8 Å². The number of morpholine rings is 1. The molecule has 0 aromatic heterocycles. The SMILES string of the molecule is CN(C)CC1CCN(C(=O)C2COCCN2)CC1.Cl.Cl. The predicted octanol–water partition coefficient (Wildman–Crippen LogP) is 0.619. The average Bonchev–Trinajstić information content (AvgIpc) is 2.39. The number of halogens is 2. The number of carbonyl (C=O) groups is 1. The van der Waals surface area contributed by atoms with Crippen LogP contribution in [0.2, 0.25) is 0 Å². The molecule has 2 saturated heterocycles. The van der Waals surface area contributed by atoms with E-state index in [1.807, 2.05) is 4.90 Å². The molecule has 2 fully saturated rings. The van der Waals surface area contributed by atoms with Crippen LogP contribution >= 0.6 is 24.8 Å². The third-order valence-corrected chi connectivity index (χ3v) is 3.77. The van der Waals surface area contributed by atoms with Crippen LogP contribution in [-0.2, 0) is 9.53 Å². The van der Waals surface area contributed by atoms with Crippen molar-refractivity contribution in [2.24, 2.45) is 5.92 Å². The summed E-state index contributed by atoms with van der Waals surface area (Å²) < 4.78 is 5.35. The molecule has 2 aliphatic heterocycles. The molecule has 1 atom stereocenters. The molecule has 5 nitrogen and oxygen atoms in total. The Morgan fingerprint density at radius 1 is 1.30 bits per heavy atom. The number of piperidine rings is 1. The molecule has 2 heterocycles. The molecule has 1 unspecified atom stereocenters. The van der Waals surface area contributed by atoms with Crippen molar-refractivity contribution in [3.63, 3.8) is 0 Å². The minimum atomic E-state index is -0.121. The summed E-state index contributed by atoms with van der Waals surface area (Å²) in [6, 6.07) is -0.121. The normalized spacial score (nSPS) is 23.9. The van der Waals surface area contributed by atoms with Gasteiger partial charge in [0, 0.05) is 26.2 Å². The number of rotatable bonds is 3. The van der Waals surface area contributed by atoms with E-state index >= 15 is 0 Å². The van der Waals surface area contributed by atoms with Gasteiger partial charge >= 0.3 is 0 Å². The van der Waals surface area contributed by atoms with Crippen molar-refractivity contribution < 1.29 is 9.53 Å². The standard InChI is InChI=1S/C13H25N3O2.2ClH/c1-15(2)9-11-3-6-16(7-4-11)13(17)12-10-18-8-5-14-12;;/h11-12,14H,3-10H2,1-2H3;2*1H. The number of nitrogens with zero attached hydrogens (tertiary/aromatic N) is 2. The van der Waals surface area contributed by atoms with E-state index < -0.39 is 0 Å². The Morgan fingerprint density at radius 3 is 2.45 bits per heavy atom. The van der Waals surface area contributed by atoms with Crippen LogP contribution in [0.15, 0.2) is 0 Å². The molecule has 0 radical (unpaired) electrons. The predicted molar refractivity (Wildman–Crippen MR) is 85.0 cm³/mol. The van der Waals surface area contributed by atoms with Gasteiger partial charge in [0.1, 0.15) is 6.04 Å². The number of hydrogen-bond donors (Lipinski definition) is 1. The summed E-state index contributed by atoms with van der Waals surface area (Å²) in [5, 5.41) is 3.24. The molecule has 2 rings (SSSR count). The Labute approximate surface area is 134 Å². The molecule has 20 heavy (non-hydrogen) atoms. The molecule has 0 aliphatic carbocycles. The average molecular weight is 328 g/mol. The van der Waals surface area contributed by atoms with Crippen LogP contribution in [0, 0.1) is 5.92 Å². The lowest BCUT2D eigenvalue weighted by atomic mass is 9.96. The molecule has 120 valence electrons. The van der Waals surface area contributed by atoms with Gasteiger partial charge < -0.3 is 19.9 Å². The van der Waals surface area contributed by atoms with Gasteiger partial charge in [0.25, 0.3) is 0 Å². The molecule has 0 saturated carbocycles. The van der Waals surface area contributed by atoms with E-state index in [9.17, 15) is 4.79 Å². The zero-order chi connectivity index (χ0) is 13.0. The van der Waals surface area contributed by atoms with Crippen molar-refractivity contribution in [3.05, 3.63) is 0 Å². The van der Waals surface area contributed by atoms with Gasteiger partial charge in [-0.1, -0.05) is 0 Å². The molecular formula is C13H27Cl2N3O2. The topological polar surface area (TPSA) is 44.8 Å². The summed E-state index contributed by atoms with van der Waals surface area (Å²) in [6.45, 7) is 4.95. The number of likely N-dealkylation sites (tertiary alicyclic amines) is 1. The number of amides is 1. The van der Waals surface area contributed by atoms with Crippen molar-refractivity contribution in [2.45, 2.75) is 18.9 Å². The fraction of sp³-hybridized carbons (Fsp3) is 0.923. The molecule has 1 amide bonds. The summed E-state index contributed by atoms with van der Waals surface area (Å²) in [5.74, 6) is 0.956. The van der Waals surface area contributed by atoms with Gasteiger partial charge in [-0.3, -0.25) is 4.79 Å². The third-order valence-electron chi connectivity index (χ3n) is 3.77. The van der Waals surface area contributed by atoms with Gasteiger partial charge in [0.05, 0.1) is 13.2 Å². The molecule has 2 aliphatic rings. The number of carbonyl (C=O) groups excluding carboxylic acids is 1. The first-order chi connectivity index (χ1) is 8.66. The maximum Gasteiger partial charge on any atom is 0.242 e. The van der Waals surface area contributed by atoms with Crippen molar-refractivity contribution in [3.8, 4) is 0 Å². The van der Waals surface area contributed by atoms with Gasteiger partial charge in [-0.05, 0) is 32.9 Å². The van der Waals surface area contributed by atoms with Gasteiger partial charge in [0.15, 0.2) is 0 Å². The van der Waals surface area contributed by atoms with Gasteiger partial charge in [0.2, 0.25) is 5.91 Å². The highest BCUT2D eigenvalue weighted by Gasteiger charge is 2.29. The Balaban J connectivity index is 0.00000180. The molecule has 0 spiro atoms. The first kappa shape index (κ1) is 19.9. The zero-order valence-corrected chi connectivity index (χ0v) is 14.0. The maximum atomic E-state index is 12.3. The summed E-state index contributed by atoms with van der Waals surface area (Å²) in [6.07, 6.45) is 2.25. The summed E-state index contributed by atoms with van der Waals surface area (Å²) >= 11 is 0. The zero-order valence-electron chi connectivity index (χ0n) is 12.3. The fourth-order valence-electron chi connectivity index (χ4n) is 2.80. The lowest BCUT2D eigenvalue weighted by Crippen LogP contribution is -2.54. The van der Waals surface area contributed by atoms with Crippen LogP contribution in [0.3, 0.4) is 0 Å². The highest BCUT2D eigenvalue weighted by atomic mass is 35.5. The molecule has 1 N–H and O–H groups in total. The highest BCUT2D eigenvalue weighted by molar-refractivity contribution is 5.85. The first-order valence-corrected chi connectivity index (χ1v) is 6.91. The van der Waals surface area contributed by atoms with Crippen LogP contribution in [0.1, 0.15) is 12.8 Å². The molecular weight excluding hydrogens is 301 g/mol. The second-order valence-corrected chi connectivity index (χ2v) is 5.61. The monoisotopic (exact) mass is 327 g/mol. The van der Waals surface area contributed by atoms with Crippen LogP contribution < -0.4 is 5.32 Å². The minimum absolute atomic E-state index is 0. The molecule has 0 aromatic rings. The Kier molecular flexibility index (Phi) is 9.76. The Bertz CT molecular complexity index is 279. The van der Waals surface area contributed by atoms with Gasteiger partial charge in [-0.2, -0.15) is 0 Å². The third kappa shape index (κ3) is 5.74. The highest BCUT2D eigenvalue weighted by Crippen LogP contribution is 2.18. The second-order valence-electron chi connectivity index (χ2n) is 5.61. The summed E-state index contributed by atoms with van der Waals surface area (Å²) in [7, 11) is 4.22. The van der Waals surface area contributed by atoms with Crippen LogP contribution in [-0.4, -0.2) is 75.2 Å².